The number of benzene rings is 1. The monoisotopic (exact) mass is 253 g/mol. The summed E-state index contributed by atoms with van der Waals surface area (Å²) in [6.07, 6.45) is 0.614. The molecule has 0 spiro atoms. The Morgan fingerprint density at radius 3 is 3.00 bits per heavy atom. The Kier molecular flexibility index (Phi) is 3.61. The van der Waals surface area contributed by atoms with E-state index in [-0.39, 0.29) is 0 Å². The van der Waals surface area contributed by atoms with Crippen molar-refractivity contribution in [3.05, 3.63) is 29.0 Å². The molecule has 0 aliphatic carbocycles. The minimum Gasteiger partial charge on any atom is -0.398 e. The molecule has 0 atom stereocenters. The van der Waals surface area contributed by atoms with E-state index in [0.717, 1.165) is 5.56 Å². The van der Waals surface area contributed by atoms with E-state index < -0.39 is 0 Å². The zero-order valence-electron chi connectivity index (χ0n) is 9.31. The third-order valence-electron chi connectivity index (χ3n) is 2.25. The van der Waals surface area contributed by atoms with Gasteiger partial charge in [-0.1, -0.05) is 16.8 Å². The van der Waals surface area contributed by atoms with E-state index in [1.54, 1.807) is 25.3 Å². The third kappa shape index (κ3) is 2.75. The Bertz CT molecular complexity index is 513. The first-order valence-corrected chi connectivity index (χ1v) is 5.45. The summed E-state index contributed by atoms with van der Waals surface area (Å²) < 4.78 is 10.1. The van der Waals surface area contributed by atoms with Gasteiger partial charge in [0.05, 0.1) is 17.3 Å². The molecule has 17 heavy (non-hydrogen) atoms. The van der Waals surface area contributed by atoms with Crippen molar-refractivity contribution >= 4 is 17.3 Å². The van der Waals surface area contributed by atoms with Crippen LogP contribution in [0.2, 0.25) is 5.02 Å². The van der Waals surface area contributed by atoms with Crippen molar-refractivity contribution in [2.75, 3.05) is 19.5 Å². The molecule has 0 radical (unpaired) electrons. The van der Waals surface area contributed by atoms with Gasteiger partial charge in [-0.3, -0.25) is 0 Å². The molecule has 0 bridgehead atoms. The van der Waals surface area contributed by atoms with Gasteiger partial charge in [-0.25, -0.2) is 0 Å². The standard InChI is InChI=1S/C11H12ClN3O2/c1-16-5-4-10-14-11(17-15-10)7-2-3-9(13)8(12)6-7/h2-3,6H,4-5,13H2,1H3. The number of halogens is 1. The average Bonchev–Trinajstić information content (AvgIpc) is 2.79. The smallest absolute Gasteiger partial charge is 0.257 e. The Morgan fingerprint density at radius 1 is 1.47 bits per heavy atom. The van der Waals surface area contributed by atoms with Crippen molar-refractivity contribution in [2.24, 2.45) is 0 Å². The summed E-state index contributed by atoms with van der Waals surface area (Å²) >= 11 is 5.92. The lowest BCUT2D eigenvalue weighted by atomic mass is 10.2. The maximum atomic E-state index is 5.92. The molecule has 0 aliphatic rings. The molecule has 1 aromatic carbocycles. The van der Waals surface area contributed by atoms with Gasteiger partial charge in [-0.05, 0) is 18.2 Å². The number of nitrogens with two attached hydrogens (primary N) is 1. The first-order valence-electron chi connectivity index (χ1n) is 5.07. The van der Waals surface area contributed by atoms with Gasteiger partial charge < -0.3 is 15.0 Å². The van der Waals surface area contributed by atoms with Gasteiger partial charge in [-0.2, -0.15) is 4.98 Å². The van der Waals surface area contributed by atoms with Crippen LogP contribution in [-0.2, 0) is 11.2 Å². The van der Waals surface area contributed by atoms with E-state index in [2.05, 4.69) is 10.1 Å². The summed E-state index contributed by atoms with van der Waals surface area (Å²) in [6.45, 7) is 0.557. The van der Waals surface area contributed by atoms with Crippen molar-refractivity contribution < 1.29 is 9.26 Å². The van der Waals surface area contributed by atoms with E-state index >= 15 is 0 Å². The van der Waals surface area contributed by atoms with Gasteiger partial charge >= 0.3 is 0 Å². The van der Waals surface area contributed by atoms with Crippen LogP contribution >= 0.6 is 11.6 Å². The number of ether oxygens (including phenoxy) is 1. The molecule has 2 rings (SSSR count). The topological polar surface area (TPSA) is 74.2 Å². The van der Waals surface area contributed by atoms with Crippen LogP contribution in [0.15, 0.2) is 22.7 Å². The predicted octanol–water partition coefficient (Wildman–Crippen LogP) is 2.16. The summed E-state index contributed by atoms with van der Waals surface area (Å²) in [5, 5.41) is 4.31. The van der Waals surface area contributed by atoms with Gasteiger partial charge in [0.25, 0.3) is 5.89 Å². The van der Waals surface area contributed by atoms with Crippen LogP contribution in [0.3, 0.4) is 0 Å². The van der Waals surface area contributed by atoms with Crippen LogP contribution < -0.4 is 5.73 Å². The number of aromatic nitrogens is 2. The molecular formula is C11H12ClN3O2. The minimum atomic E-state index is 0.429. The zero-order chi connectivity index (χ0) is 12.3. The second-order valence-electron chi connectivity index (χ2n) is 3.49. The quantitative estimate of drug-likeness (QED) is 0.845. The van der Waals surface area contributed by atoms with Crippen LogP contribution in [0.1, 0.15) is 5.82 Å². The molecule has 1 aromatic heterocycles. The fourth-order valence-corrected chi connectivity index (χ4v) is 1.51. The summed E-state index contributed by atoms with van der Waals surface area (Å²) in [7, 11) is 1.63. The predicted molar refractivity (Wildman–Crippen MR) is 64.7 cm³/mol. The van der Waals surface area contributed by atoms with Crippen LogP contribution in [0, 0.1) is 0 Å². The Hall–Kier alpha value is -1.59. The van der Waals surface area contributed by atoms with Crippen LogP contribution in [0.5, 0.6) is 0 Å². The highest BCUT2D eigenvalue weighted by molar-refractivity contribution is 6.33. The summed E-state index contributed by atoms with van der Waals surface area (Å²) in [5.41, 5.74) is 6.90. The lowest BCUT2D eigenvalue weighted by Crippen LogP contribution is -1.96. The summed E-state index contributed by atoms with van der Waals surface area (Å²) in [4.78, 5) is 4.23. The molecule has 90 valence electrons. The van der Waals surface area contributed by atoms with Gasteiger partial charge in [0.2, 0.25) is 0 Å². The number of hydrogen-bond donors (Lipinski definition) is 1. The molecule has 0 unspecified atom stereocenters. The Morgan fingerprint density at radius 2 is 2.29 bits per heavy atom. The maximum Gasteiger partial charge on any atom is 0.257 e. The summed E-state index contributed by atoms with van der Waals surface area (Å²) in [5.74, 6) is 1.04. The average molecular weight is 254 g/mol. The van der Waals surface area contributed by atoms with E-state index in [1.807, 2.05) is 0 Å². The molecule has 0 amide bonds. The fourth-order valence-electron chi connectivity index (χ4n) is 1.33. The molecule has 5 nitrogen and oxygen atoms in total. The molecule has 0 saturated heterocycles. The second kappa shape index (κ2) is 5.16. The Labute approximate surface area is 104 Å². The highest BCUT2D eigenvalue weighted by Gasteiger charge is 2.09. The van der Waals surface area contributed by atoms with E-state index in [0.29, 0.717) is 35.5 Å². The number of rotatable bonds is 4. The van der Waals surface area contributed by atoms with Gasteiger partial charge in [0, 0.05) is 19.1 Å². The van der Waals surface area contributed by atoms with Crippen LogP contribution in [0.25, 0.3) is 11.5 Å². The third-order valence-corrected chi connectivity index (χ3v) is 2.57. The molecule has 2 N–H and O–H groups in total. The van der Waals surface area contributed by atoms with Crippen molar-refractivity contribution in [1.82, 2.24) is 10.1 Å². The first-order chi connectivity index (χ1) is 8.20. The van der Waals surface area contributed by atoms with E-state index in [4.69, 9.17) is 26.6 Å². The molecular weight excluding hydrogens is 242 g/mol. The zero-order valence-corrected chi connectivity index (χ0v) is 10.1. The van der Waals surface area contributed by atoms with Crippen molar-refractivity contribution in [1.29, 1.82) is 0 Å². The van der Waals surface area contributed by atoms with Crippen molar-refractivity contribution in [2.45, 2.75) is 6.42 Å². The molecule has 1 heterocycles. The molecule has 0 aliphatic heterocycles. The van der Waals surface area contributed by atoms with E-state index in [9.17, 15) is 0 Å². The number of nitrogen functional groups attached to an aromatic ring is 1. The van der Waals surface area contributed by atoms with Gasteiger partial charge in [0.15, 0.2) is 5.82 Å². The molecule has 0 saturated carbocycles. The summed E-state index contributed by atoms with van der Waals surface area (Å²) in [6, 6.07) is 5.19. The molecule has 2 aromatic rings. The highest BCUT2D eigenvalue weighted by atomic mass is 35.5. The fraction of sp³-hybridized carbons (Fsp3) is 0.273. The van der Waals surface area contributed by atoms with Gasteiger partial charge in [0.1, 0.15) is 0 Å². The van der Waals surface area contributed by atoms with Crippen LogP contribution in [0.4, 0.5) is 5.69 Å². The number of methoxy groups -OCH3 is 1. The normalized spacial score (nSPS) is 10.7. The first kappa shape index (κ1) is 11.9. The highest BCUT2D eigenvalue weighted by Crippen LogP contribution is 2.25. The molecule has 6 heteroatoms. The number of hydrogen-bond acceptors (Lipinski definition) is 5. The van der Waals surface area contributed by atoms with Crippen molar-refractivity contribution in [3.8, 4) is 11.5 Å². The largest absolute Gasteiger partial charge is 0.398 e. The second-order valence-corrected chi connectivity index (χ2v) is 3.90. The van der Waals surface area contributed by atoms with Crippen LogP contribution in [-0.4, -0.2) is 23.9 Å². The maximum absolute atomic E-state index is 5.92. The number of nitrogens with zero attached hydrogens (tertiary/aromatic N) is 2. The molecule has 0 fully saturated rings. The van der Waals surface area contributed by atoms with Crippen molar-refractivity contribution in [3.63, 3.8) is 0 Å². The van der Waals surface area contributed by atoms with Gasteiger partial charge in [-0.15, -0.1) is 0 Å². The minimum absolute atomic E-state index is 0.429. The Balaban J connectivity index is 2.21. The number of anilines is 1. The lowest BCUT2D eigenvalue weighted by Gasteiger charge is -1.98. The van der Waals surface area contributed by atoms with E-state index in [1.165, 1.54) is 0 Å². The SMILES string of the molecule is COCCc1noc(-c2ccc(N)c(Cl)c2)n1. The lowest BCUT2D eigenvalue weighted by molar-refractivity contribution is 0.199.